The topological polar surface area (TPSA) is 42.2 Å². The van der Waals surface area contributed by atoms with Crippen molar-refractivity contribution in [3.8, 4) is 11.3 Å². The zero-order valence-corrected chi connectivity index (χ0v) is 12.4. The molecule has 0 atom stereocenters. The van der Waals surface area contributed by atoms with Crippen LogP contribution in [0.4, 0.5) is 11.6 Å². The lowest BCUT2D eigenvalue weighted by atomic mass is 10.1. The second-order valence-corrected chi connectivity index (χ2v) is 5.03. The predicted molar refractivity (Wildman–Crippen MR) is 83.7 cm³/mol. The van der Waals surface area contributed by atoms with Crippen molar-refractivity contribution in [2.75, 3.05) is 11.9 Å². The molecule has 0 saturated heterocycles. The van der Waals surface area contributed by atoms with Gasteiger partial charge in [-0.2, -0.15) is 0 Å². The Morgan fingerprint density at radius 3 is 2.19 bits per heavy atom. The smallest absolute Gasteiger partial charge is 0.230 e. The van der Waals surface area contributed by atoms with E-state index in [1.807, 2.05) is 68.3 Å². The van der Waals surface area contributed by atoms with Crippen LogP contribution in [0.15, 0.2) is 53.1 Å². The number of hydrogen-bond acceptors (Lipinski definition) is 4. The first-order valence-corrected chi connectivity index (χ1v) is 6.83. The van der Waals surface area contributed by atoms with E-state index in [4.69, 9.17) is 4.42 Å². The molecule has 0 N–H and O–H groups in total. The summed E-state index contributed by atoms with van der Waals surface area (Å²) < 4.78 is 5.40. The largest absolute Gasteiger partial charge is 0.464 e. The Labute approximate surface area is 124 Å². The Balaban J connectivity index is 1.89. The lowest BCUT2D eigenvalue weighted by Crippen LogP contribution is -2.14. The van der Waals surface area contributed by atoms with Gasteiger partial charge < -0.3 is 9.32 Å². The predicted octanol–water partition coefficient (Wildman–Crippen LogP) is 4.12. The van der Waals surface area contributed by atoms with Gasteiger partial charge in [-0.1, -0.05) is 0 Å². The standard InChI is InChI=1S/C17H17N3O/c1-12-11-13(2)19-17(18-12)20(3)15-8-6-14(7-9-15)16-5-4-10-21-16/h4-11H,1-3H3. The lowest BCUT2D eigenvalue weighted by Gasteiger charge is -2.18. The molecule has 0 unspecified atom stereocenters. The summed E-state index contributed by atoms with van der Waals surface area (Å²) >= 11 is 0. The second-order valence-electron chi connectivity index (χ2n) is 5.03. The monoisotopic (exact) mass is 279 g/mol. The zero-order chi connectivity index (χ0) is 14.8. The molecule has 4 nitrogen and oxygen atoms in total. The van der Waals surface area contributed by atoms with Gasteiger partial charge in [0.2, 0.25) is 5.95 Å². The molecular weight excluding hydrogens is 262 g/mol. The van der Waals surface area contributed by atoms with Gasteiger partial charge in [0.15, 0.2) is 0 Å². The van der Waals surface area contributed by atoms with Crippen molar-refractivity contribution in [3.05, 3.63) is 60.1 Å². The van der Waals surface area contributed by atoms with Crippen LogP contribution in [0.1, 0.15) is 11.4 Å². The fourth-order valence-electron chi connectivity index (χ4n) is 2.26. The molecule has 0 saturated carbocycles. The van der Waals surface area contributed by atoms with Crippen LogP contribution in [0.3, 0.4) is 0 Å². The average Bonchev–Trinajstić information content (AvgIpc) is 3.00. The molecule has 0 aliphatic rings. The summed E-state index contributed by atoms with van der Waals surface area (Å²) in [4.78, 5) is 10.9. The number of benzene rings is 1. The van der Waals surface area contributed by atoms with E-state index < -0.39 is 0 Å². The van der Waals surface area contributed by atoms with Gasteiger partial charge in [-0.3, -0.25) is 0 Å². The summed E-state index contributed by atoms with van der Waals surface area (Å²) in [6.07, 6.45) is 1.68. The van der Waals surface area contributed by atoms with Crippen molar-refractivity contribution in [1.29, 1.82) is 0 Å². The molecule has 0 fully saturated rings. The fraction of sp³-hybridized carbons (Fsp3) is 0.176. The number of rotatable bonds is 3. The van der Waals surface area contributed by atoms with Gasteiger partial charge in [-0.15, -0.1) is 0 Å². The van der Waals surface area contributed by atoms with Crippen LogP contribution in [0.25, 0.3) is 11.3 Å². The van der Waals surface area contributed by atoms with Gasteiger partial charge in [0.1, 0.15) is 5.76 Å². The Kier molecular flexibility index (Phi) is 3.44. The van der Waals surface area contributed by atoms with Gasteiger partial charge >= 0.3 is 0 Å². The molecule has 4 heteroatoms. The SMILES string of the molecule is Cc1cc(C)nc(N(C)c2ccc(-c3ccco3)cc2)n1. The average molecular weight is 279 g/mol. The van der Waals surface area contributed by atoms with E-state index in [1.54, 1.807) is 6.26 Å². The summed E-state index contributed by atoms with van der Waals surface area (Å²) in [6, 6.07) is 14.0. The molecule has 0 aliphatic carbocycles. The number of hydrogen-bond donors (Lipinski definition) is 0. The minimum atomic E-state index is 0.707. The van der Waals surface area contributed by atoms with E-state index in [1.165, 1.54) is 0 Å². The van der Waals surface area contributed by atoms with E-state index in [2.05, 4.69) is 9.97 Å². The molecule has 0 aliphatic heterocycles. The molecule has 3 rings (SSSR count). The summed E-state index contributed by atoms with van der Waals surface area (Å²) in [6.45, 7) is 3.96. The number of furan rings is 1. The maximum absolute atomic E-state index is 5.40. The Bertz CT molecular complexity index is 713. The first kappa shape index (κ1) is 13.4. The molecule has 3 aromatic rings. The maximum Gasteiger partial charge on any atom is 0.230 e. The molecule has 0 spiro atoms. The van der Waals surface area contributed by atoms with Crippen LogP contribution >= 0.6 is 0 Å². The van der Waals surface area contributed by atoms with Crippen LogP contribution in [-0.4, -0.2) is 17.0 Å². The summed E-state index contributed by atoms with van der Waals surface area (Å²) in [7, 11) is 1.97. The molecule has 0 radical (unpaired) electrons. The van der Waals surface area contributed by atoms with Gasteiger partial charge in [0.25, 0.3) is 0 Å². The zero-order valence-electron chi connectivity index (χ0n) is 12.4. The number of aromatic nitrogens is 2. The maximum atomic E-state index is 5.40. The Hall–Kier alpha value is -2.62. The lowest BCUT2D eigenvalue weighted by molar-refractivity contribution is 0.582. The molecule has 1 aromatic carbocycles. The van der Waals surface area contributed by atoms with Gasteiger partial charge in [0.05, 0.1) is 6.26 Å². The van der Waals surface area contributed by atoms with Crippen LogP contribution in [-0.2, 0) is 0 Å². The van der Waals surface area contributed by atoms with Gasteiger partial charge in [-0.25, -0.2) is 9.97 Å². The summed E-state index contributed by atoms with van der Waals surface area (Å²) in [5.41, 5.74) is 4.03. The van der Waals surface area contributed by atoms with Crippen molar-refractivity contribution >= 4 is 11.6 Å². The third-order valence-corrected chi connectivity index (χ3v) is 3.33. The van der Waals surface area contributed by atoms with Crippen LogP contribution in [0, 0.1) is 13.8 Å². The highest BCUT2D eigenvalue weighted by Crippen LogP contribution is 2.25. The first-order chi connectivity index (χ1) is 10.1. The highest BCUT2D eigenvalue weighted by atomic mass is 16.3. The first-order valence-electron chi connectivity index (χ1n) is 6.83. The van der Waals surface area contributed by atoms with E-state index >= 15 is 0 Å². The van der Waals surface area contributed by atoms with E-state index in [0.717, 1.165) is 28.4 Å². The molecule has 106 valence electrons. The molecule has 0 amide bonds. The van der Waals surface area contributed by atoms with E-state index in [9.17, 15) is 0 Å². The third-order valence-electron chi connectivity index (χ3n) is 3.33. The summed E-state index contributed by atoms with van der Waals surface area (Å²) in [5, 5.41) is 0. The fourth-order valence-corrected chi connectivity index (χ4v) is 2.26. The molecule has 2 aromatic heterocycles. The molecule has 21 heavy (non-hydrogen) atoms. The summed E-state index contributed by atoms with van der Waals surface area (Å²) in [5.74, 6) is 1.57. The number of nitrogens with zero attached hydrogens (tertiary/aromatic N) is 3. The van der Waals surface area contributed by atoms with Crippen LogP contribution < -0.4 is 4.90 Å². The van der Waals surface area contributed by atoms with Crippen molar-refractivity contribution in [2.24, 2.45) is 0 Å². The Morgan fingerprint density at radius 2 is 1.62 bits per heavy atom. The molecular formula is C17H17N3O. The minimum Gasteiger partial charge on any atom is -0.464 e. The minimum absolute atomic E-state index is 0.707. The van der Waals surface area contributed by atoms with E-state index in [0.29, 0.717) is 5.95 Å². The second kappa shape index (κ2) is 5.40. The number of aryl methyl sites for hydroxylation is 2. The van der Waals surface area contributed by atoms with Crippen LogP contribution in [0.2, 0.25) is 0 Å². The highest BCUT2D eigenvalue weighted by molar-refractivity contribution is 5.64. The van der Waals surface area contributed by atoms with Crippen molar-refractivity contribution in [2.45, 2.75) is 13.8 Å². The molecule has 0 bridgehead atoms. The van der Waals surface area contributed by atoms with Crippen LogP contribution in [0.5, 0.6) is 0 Å². The third kappa shape index (κ3) is 2.79. The van der Waals surface area contributed by atoms with Crippen molar-refractivity contribution in [3.63, 3.8) is 0 Å². The highest BCUT2D eigenvalue weighted by Gasteiger charge is 2.09. The Morgan fingerprint density at radius 1 is 0.952 bits per heavy atom. The quantitative estimate of drug-likeness (QED) is 0.723. The normalized spacial score (nSPS) is 10.6. The van der Waals surface area contributed by atoms with E-state index in [-0.39, 0.29) is 0 Å². The van der Waals surface area contributed by atoms with Crippen molar-refractivity contribution < 1.29 is 4.42 Å². The molecule has 2 heterocycles. The van der Waals surface area contributed by atoms with Crippen molar-refractivity contribution in [1.82, 2.24) is 9.97 Å². The number of anilines is 2. The van der Waals surface area contributed by atoms with Gasteiger partial charge in [0, 0.05) is 29.7 Å². The van der Waals surface area contributed by atoms with Gasteiger partial charge in [-0.05, 0) is 56.3 Å².